The van der Waals surface area contributed by atoms with Crippen molar-refractivity contribution in [2.24, 2.45) is 0 Å². The van der Waals surface area contributed by atoms with E-state index in [4.69, 9.17) is 5.11 Å². The molecule has 2 rings (SSSR count). The van der Waals surface area contributed by atoms with Gasteiger partial charge in [0.1, 0.15) is 18.2 Å². The van der Waals surface area contributed by atoms with Crippen LogP contribution in [0, 0.1) is 5.82 Å². The van der Waals surface area contributed by atoms with E-state index in [0.29, 0.717) is 12.8 Å². The second-order valence-electron chi connectivity index (χ2n) is 4.27. The van der Waals surface area contributed by atoms with Gasteiger partial charge in [-0.25, -0.2) is 9.37 Å². The first-order valence-electron chi connectivity index (χ1n) is 5.49. The summed E-state index contributed by atoms with van der Waals surface area (Å²) >= 11 is 0. The Balaban J connectivity index is 2.30. The first-order valence-corrected chi connectivity index (χ1v) is 5.49. The Hall–Kier alpha value is -1.37. The molecule has 18 heavy (non-hydrogen) atoms. The molecule has 3 nitrogen and oxygen atoms in total. The second-order valence-corrected chi connectivity index (χ2v) is 4.27. The van der Waals surface area contributed by atoms with Crippen LogP contribution in [0.5, 0.6) is 0 Å². The number of rotatable bonds is 4. The van der Waals surface area contributed by atoms with Crippen LogP contribution in [0.3, 0.4) is 0 Å². The van der Waals surface area contributed by atoms with Crippen LogP contribution >= 0.6 is 0 Å². The molecule has 1 N–H and O–H groups in total. The summed E-state index contributed by atoms with van der Waals surface area (Å²) in [6.45, 7) is -1.68. The molecule has 0 bridgehead atoms. The van der Waals surface area contributed by atoms with Crippen LogP contribution in [0.4, 0.5) is 23.4 Å². The van der Waals surface area contributed by atoms with Gasteiger partial charge >= 0.3 is 6.18 Å². The number of aliphatic hydroxyl groups is 1. The Morgan fingerprint density at radius 3 is 2.56 bits per heavy atom. The monoisotopic (exact) mass is 264 g/mol. The number of aromatic nitrogens is 1. The van der Waals surface area contributed by atoms with Gasteiger partial charge in [-0.05, 0) is 18.9 Å². The fourth-order valence-corrected chi connectivity index (χ4v) is 1.81. The summed E-state index contributed by atoms with van der Waals surface area (Å²) in [6.07, 6.45) is -2.19. The molecule has 1 fully saturated rings. The third-order valence-corrected chi connectivity index (χ3v) is 2.69. The van der Waals surface area contributed by atoms with Gasteiger partial charge in [-0.2, -0.15) is 13.2 Å². The van der Waals surface area contributed by atoms with Crippen molar-refractivity contribution in [3.63, 3.8) is 0 Å². The van der Waals surface area contributed by atoms with Gasteiger partial charge in [0, 0.05) is 11.6 Å². The number of anilines is 1. The summed E-state index contributed by atoms with van der Waals surface area (Å²) in [5, 5.41) is 9.08. The Morgan fingerprint density at radius 2 is 2.06 bits per heavy atom. The lowest BCUT2D eigenvalue weighted by Gasteiger charge is -2.26. The van der Waals surface area contributed by atoms with Crippen LogP contribution < -0.4 is 4.90 Å². The molecule has 0 aliphatic heterocycles. The highest BCUT2D eigenvalue weighted by Gasteiger charge is 2.39. The fourth-order valence-electron chi connectivity index (χ4n) is 1.81. The molecule has 1 saturated carbocycles. The van der Waals surface area contributed by atoms with E-state index < -0.39 is 25.1 Å². The molecule has 1 aromatic heterocycles. The van der Waals surface area contributed by atoms with Gasteiger partial charge in [0.2, 0.25) is 0 Å². The summed E-state index contributed by atoms with van der Waals surface area (Å²) in [4.78, 5) is 4.77. The number of hydrogen-bond donors (Lipinski definition) is 1. The molecule has 0 aromatic carbocycles. The van der Waals surface area contributed by atoms with Crippen molar-refractivity contribution in [1.29, 1.82) is 0 Å². The minimum atomic E-state index is -4.36. The molecule has 0 saturated heterocycles. The Labute approximate surface area is 101 Å². The van der Waals surface area contributed by atoms with Crippen molar-refractivity contribution in [2.75, 3.05) is 11.4 Å². The van der Waals surface area contributed by atoms with Crippen LogP contribution in [0.1, 0.15) is 18.4 Å². The van der Waals surface area contributed by atoms with Crippen molar-refractivity contribution in [2.45, 2.75) is 31.7 Å². The number of alkyl halides is 3. The second kappa shape index (κ2) is 4.72. The molecule has 1 heterocycles. The average Bonchev–Trinajstić information content (AvgIpc) is 3.08. The highest BCUT2D eigenvalue weighted by molar-refractivity contribution is 5.49. The molecule has 1 aliphatic rings. The summed E-state index contributed by atoms with van der Waals surface area (Å²) in [7, 11) is 0. The lowest BCUT2D eigenvalue weighted by atomic mass is 10.2. The van der Waals surface area contributed by atoms with Gasteiger partial charge in [0.15, 0.2) is 0 Å². The van der Waals surface area contributed by atoms with Crippen molar-refractivity contribution in [3.8, 4) is 0 Å². The molecule has 0 atom stereocenters. The van der Waals surface area contributed by atoms with Gasteiger partial charge in [0.25, 0.3) is 0 Å². The smallest absolute Gasteiger partial charge is 0.392 e. The Bertz CT molecular complexity index is 432. The SMILES string of the molecule is OCc1cc(F)cnc1N(CC(F)(F)F)C1CC1. The maximum Gasteiger partial charge on any atom is 0.405 e. The maximum absolute atomic E-state index is 12.9. The highest BCUT2D eigenvalue weighted by atomic mass is 19.4. The standard InChI is InChI=1S/C11H12F4N2O/c12-8-3-7(5-18)10(16-4-8)17(9-1-2-9)6-11(13,14)15/h3-4,9,18H,1-2,5-6H2. The first-order chi connectivity index (χ1) is 8.40. The van der Waals surface area contributed by atoms with Crippen molar-refractivity contribution < 1.29 is 22.7 Å². The van der Waals surface area contributed by atoms with E-state index >= 15 is 0 Å². The number of halogens is 4. The van der Waals surface area contributed by atoms with E-state index in [2.05, 4.69) is 4.98 Å². The minimum absolute atomic E-state index is 0.0127. The van der Waals surface area contributed by atoms with Gasteiger partial charge in [-0.1, -0.05) is 0 Å². The van der Waals surface area contributed by atoms with E-state index in [1.165, 1.54) is 0 Å². The van der Waals surface area contributed by atoms with E-state index in [-0.39, 0.29) is 17.4 Å². The van der Waals surface area contributed by atoms with Crippen LogP contribution in [0.2, 0.25) is 0 Å². The van der Waals surface area contributed by atoms with E-state index in [0.717, 1.165) is 17.2 Å². The molecule has 1 aromatic rings. The van der Waals surface area contributed by atoms with Crippen LogP contribution in [-0.2, 0) is 6.61 Å². The predicted molar refractivity (Wildman–Crippen MR) is 56.5 cm³/mol. The third-order valence-electron chi connectivity index (χ3n) is 2.69. The van der Waals surface area contributed by atoms with Crippen LogP contribution in [0.15, 0.2) is 12.3 Å². The lowest BCUT2D eigenvalue weighted by Crippen LogP contribution is -2.37. The number of pyridine rings is 1. The lowest BCUT2D eigenvalue weighted by molar-refractivity contribution is -0.120. The molecule has 7 heteroatoms. The first kappa shape index (κ1) is 13.1. The van der Waals surface area contributed by atoms with Gasteiger partial charge in [0.05, 0.1) is 12.8 Å². The average molecular weight is 264 g/mol. The molecule has 0 spiro atoms. The normalized spacial score (nSPS) is 15.8. The molecule has 100 valence electrons. The van der Waals surface area contributed by atoms with E-state index in [1.54, 1.807) is 0 Å². The zero-order chi connectivity index (χ0) is 13.3. The van der Waals surface area contributed by atoms with Crippen molar-refractivity contribution in [3.05, 3.63) is 23.6 Å². The quantitative estimate of drug-likeness (QED) is 0.847. The topological polar surface area (TPSA) is 36.4 Å². The number of nitrogens with zero attached hydrogens (tertiary/aromatic N) is 2. The minimum Gasteiger partial charge on any atom is -0.392 e. The van der Waals surface area contributed by atoms with Gasteiger partial charge in [-0.3, -0.25) is 0 Å². The summed E-state index contributed by atoms with van der Waals surface area (Å²) in [6, 6.07) is 0.781. The zero-order valence-electron chi connectivity index (χ0n) is 9.41. The van der Waals surface area contributed by atoms with E-state index in [1.807, 2.05) is 0 Å². The Kier molecular flexibility index (Phi) is 3.43. The molecule has 0 amide bonds. The molecular weight excluding hydrogens is 252 g/mol. The van der Waals surface area contributed by atoms with Gasteiger partial charge < -0.3 is 10.0 Å². The molecule has 0 unspecified atom stereocenters. The van der Waals surface area contributed by atoms with Crippen molar-refractivity contribution >= 4 is 5.82 Å². The fraction of sp³-hybridized carbons (Fsp3) is 0.545. The van der Waals surface area contributed by atoms with Gasteiger partial charge in [-0.15, -0.1) is 0 Å². The van der Waals surface area contributed by atoms with Crippen molar-refractivity contribution in [1.82, 2.24) is 4.98 Å². The van der Waals surface area contributed by atoms with Crippen LogP contribution in [-0.4, -0.2) is 28.9 Å². The molecule has 0 radical (unpaired) electrons. The Morgan fingerprint density at radius 1 is 1.39 bits per heavy atom. The summed E-state index contributed by atoms with van der Waals surface area (Å²) in [5.41, 5.74) is 0.0751. The highest BCUT2D eigenvalue weighted by Crippen LogP contribution is 2.35. The number of aliphatic hydroxyl groups excluding tert-OH is 1. The predicted octanol–water partition coefficient (Wildman–Crippen LogP) is 2.24. The summed E-state index contributed by atoms with van der Waals surface area (Å²) in [5.74, 6) is -0.663. The third kappa shape index (κ3) is 3.10. The van der Waals surface area contributed by atoms with E-state index in [9.17, 15) is 17.6 Å². The largest absolute Gasteiger partial charge is 0.405 e. The molecular formula is C11H12F4N2O. The molecule has 1 aliphatic carbocycles. The maximum atomic E-state index is 12.9. The van der Waals surface area contributed by atoms with Crippen LogP contribution in [0.25, 0.3) is 0 Å². The summed E-state index contributed by atoms with van der Waals surface area (Å²) < 4.78 is 50.4. The zero-order valence-corrected chi connectivity index (χ0v) is 9.41. The number of hydrogen-bond acceptors (Lipinski definition) is 3.